The van der Waals surface area contributed by atoms with E-state index in [-0.39, 0.29) is 18.1 Å². The zero-order valence-corrected chi connectivity index (χ0v) is 17.8. The molecule has 0 spiro atoms. The molecule has 162 valence electrons. The molecule has 2 N–H and O–H groups in total. The summed E-state index contributed by atoms with van der Waals surface area (Å²) in [6, 6.07) is 0.406. The third-order valence-corrected chi connectivity index (χ3v) is 5.30. The van der Waals surface area contributed by atoms with Crippen molar-refractivity contribution in [2.45, 2.75) is 33.2 Å². The number of carboxylic acids is 1. The third-order valence-electron chi connectivity index (χ3n) is 5.30. The molecule has 1 aliphatic heterocycles. The minimum Gasteiger partial charge on any atom is -0.512 e. The maximum atomic E-state index is 11.6. The molecule has 0 aliphatic carbocycles. The second-order valence-corrected chi connectivity index (χ2v) is 7.78. The topological polar surface area (TPSA) is 87.6 Å². The van der Waals surface area contributed by atoms with Crippen LogP contribution >= 0.6 is 0 Å². The first-order chi connectivity index (χ1) is 13.2. The van der Waals surface area contributed by atoms with Gasteiger partial charge in [-0.3, -0.25) is 29.2 Å². The Morgan fingerprint density at radius 2 is 1.29 bits per heavy atom. The predicted octanol–water partition coefficient (Wildman–Crippen LogP) is 0.752. The van der Waals surface area contributed by atoms with E-state index in [9.17, 15) is 19.8 Å². The summed E-state index contributed by atoms with van der Waals surface area (Å²) in [6.07, 6.45) is 1.03. The van der Waals surface area contributed by atoms with Crippen LogP contribution in [0.25, 0.3) is 0 Å². The highest BCUT2D eigenvalue weighted by atomic mass is 16.4. The van der Waals surface area contributed by atoms with Crippen molar-refractivity contribution in [1.82, 2.24) is 19.6 Å². The number of hydrogen-bond acceptors (Lipinski definition) is 7. The summed E-state index contributed by atoms with van der Waals surface area (Å²) < 4.78 is 0. The van der Waals surface area contributed by atoms with Crippen molar-refractivity contribution < 1.29 is 19.8 Å². The van der Waals surface area contributed by atoms with Crippen LogP contribution in [0.15, 0.2) is 12.3 Å². The van der Waals surface area contributed by atoms with Gasteiger partial charge in [-0.25, -0.2) is 0 Å². The van der Waals surface area contributed by atoms with Gasteiger partial charge < -0.3 is 10.2 Å². The average Bonchev–Trinajstić information content (AvgIpc) is 2.59. The number of aliphatic hydroxyl groups is 1. The van der Waals surface area contributed by atoms with Gasteiger partial charge in [0.1, 0.15) is 5.78 Å². The first kappa shape index (κ1) is 24.6. The molecule has 1 fully saturated rings. The average molecular weight is 399 g/mol. The summed E-state index contributed by atoms with van der Waals surface area (Å²) in [5, 5.41) is 18.9. The summed E-state index contributed by atoms with van der Waals surface area (Å²) in [4.78, 5) is 31.5. The number of carbonyl (C=O) groups is 2. The maximum Gasteiger partial charge on any atom is 0.317 e. The second kappa shape index (κ2) is 12.9. The Morgan fingerprint density at radius 1 is 0.857 bits per heavy atom. The van der Waals surface area contributed by atoms with Crippen molar-refractivity contribution in [3.63, 3.8) is 0 Å². The molecule has 1 saturated heterocycles. The van der Waals surface area contributed by atoms with Crippen LogP contribution in [0.1, 0.15) is 27.2 Å². The Morgan fingerprint density at radius 3 is 1.68 bits per heavy atom. The van der Waals surface area contributed by atoms with Crippen LogP contribution in [0, 0.1) is 0 Å². The summed E-state index contributed by atoms with van der Waals surface area (Å²) in [5.41, 5.74) is 0. The molecule has 28 heavy (non-hydrogen) atoms. The molecule has 1 aliphatic rings. The number of carbonyl (C=O) groups excluding carboxylic acids is 1. The summed E-state index contributed by atoms with van der Waals surface area (Å²) in [6.45, 7) is 16.1. The minimum absolute atomic E-state index is 0.0126. The van der Waals surface area contributed by atoms with Crippen LogP contribution in [0.5, 0.6) is 0 Å². The highest BCUT2D eigenvalue weighted by molar-refractivity contribution is 5.77. The number of carboxylic acid groups (broad SMARTS) is 1. The lowest BCUT2D eigenvalue weighted by Gasteiger charge is -2.35. The fraction of sp³-hybridized carbons (Fsp3) is 0.800. The summed E-state index contributed by atoms with van der Waals surface area (Å²) >= 11 is 0. The molecule has 0 aromatic heterocycles. The molecule has 1 unspecified atom stereocenters. The minimum atomic E-state index is -0.826. The fourth-order valence-corrected chi connectivity index (χ4v) is 3.49. The van der Waals surface area contributed by atoms with Gasteiger partial charge in [-0.05, 0) is 20.3 Å². The van der Waals surface area contributed by atoms with E-state index in [4.69, 9.17) is 0 Å². The highest BCUT2D eigenvalue weighted by Gasteiger charge is 2.20. The zero-order chi connectivity index (χ0) is 21.1. The molecule has 0 saturated carbocycles. The van der Waals surface area contributed by atoms with E-state index >= 15 is 0 Å². The van der Waals surface area contributed by atoms with Crippen LogP contribution in [-0.4, -0.2) is 120 Å². The van der Waals surface area contributed by atoms with E-state index in [2.05, 4.69) is 35.1 Å². The number of aliphatic carboxylic acids is 1. The number of rotatable bonds is 8. The lowest BCUT2D eigenvalue weighted by molar-refractivity contribution is -0.138. The van der Waals surface area contributed by atoms with Crippen molar-refractivity contribution in [3.8, 4) is 0 Å². The predicted molar refractivity (Wildman–Crippen MR) is 111 cm³/mol. The fourth-order valence-electron chi connectivity index (χ4n) is 3.49. The van der Waals surface area contributed by atoms with Crippen LogP contribution in [0.4, 0.5) is 0 Å². The number of aliphatic hydroxyl groups excluding tert-OH is 1. The largest absolute Gasteiger partial charge is 0.512 e. The van der Waals surface area contributed by atoms with Gasteiger partial charge in [0.25, 0.3) is 0 Å². The zero-order valence-electron chi connectivity index (χ0n) is 17.8. The Bertz CT molecular complexity index is 482. The van der Waals surface area contributed by atoms with Crippen molar-refractivity contribution in [3.05, 3.63) is 12.3 Å². The van der Waals surface area contributed by atoms with Crippen molar-refractivity contribution >= 4 is 11.8 Å². The van der Waals surface area contributed by atoms with Gasteiger partial charge in [-0.15, -0.1) is 0 Å². The Hall–Kier alpha value is -1.48. The first-order valence-corrected chi connectivity index (χ1v) is 10.2. The van der Waals surface area contributed by atoms with Crippen molar-refractivity contribution in [2.24, 2.45) is 0 Å². The van der Waals surface area contributed by atoms with E-state index in [0.29, 0.717) is 45.3 Å². The first-order valence-electron chi connectivity index (χ1n) is 10.2. The normalized spacial score (nSPS) is 20.8. The standard InChI is InChI=1S/C20H38N4O4/c1-5-17(2)24-12-10-22(15-19(4)26)7-6-21(14-18(3)25)8-9-23(11-13-24)16-20(27)28/h17,26H,4-16H2,1-3H3,(H,27,28). The van der Waals surface area contributed by atoms with Gasteiger partial charge in [-0.2, -0.15) is 0 Å². The smallest absolute Gasteiger partial charge is 0.317 e. The van der Waals surface area contributed by atoms with Crippen LogP contribution in [-0.2, 0) is 9.59 Å². The van der Waals surface area contributed by atoms with Crippen LogP contribution < -0.4 is 0 Å². The van der Waals surface area contributed by atoms with Gasteiger partial charge >= 0.3 is 5.97 Å². The molecular weight excluding hydrogens is 360 g/mol. The molecule has 0 radical (unpaired) electrons. The quantitative estimate of drug-likeness (QED) is 0.579. The van der Waals surface area contributed by atoms with Crippen molar-refractivity contribution in [2.75, 3.05) is 72.0 Å². The molecule has 0 aromatic rings. The number of hydrogen-bond donors (Lipinski definition) is 2. The molecule has 0 amide bonds. The SMILES string of the molecule is C=C(O)CN1CCN(CC(C)=O)CCN(CC(=O)O)CCN(C(C)CC)CC1. The van der Waals surface area contributed by atoms with E-state index in [1.165, 1.54) is 0 Å². The molecule has 8 heteroatoms. The monoisotopic (exact) mass is 398 g/mol. The Balaban J connectivity index is 2.92. The van der Waals surface area contributed by atoms with Gasteiger partial charge in [0.05, 0.1) is 25.4 Å². The van der Waals surface area contributed by atoms with Gasteiger partial charge in [0, 0.05) is 58.4 Å². The van der Waals surface area contributed by atoms with Crippen molar-refractivity contribution in [1.29, 1.82) is 0 Å². The number of ketones is 1. The molecule has 1 atom stereocenters. The maximum absolute atomic E-state index is 11.6. The molecule has 0 aromatic carbocycles. The summed E-state index contributed by atoms with van der Waals surface area (Å²) in [7, 11) is 0. The summed E-state index contributed by atoms with van der Waals surface area (Å²) in [5.74, 6) is -0.584. The van der Waals surface area contributed by atoms with E-state index in [1.54, 1.807) is 6.92 Å². The van der Waals surface area contributed by atoms with E-state index in [0.717, 1.165) is 32.6 Å². The molecule has 1 heterocycles. The lowest BCUT2D eigenvalue weighted by atomic mass is 10.2. The molecule has 0 bridgehead atoms. The molecule has 1 rings (SSSR count). The lowest BCUT2D eigenvalue weighted by Crippen LogP contribution is -2.49. The third kappa shape index (κ3) is 10.2. The number of Topliss-reactive ketones (excluding diaryl/α,β-unsaturated/α-hetero) is 1. The van der Waals surface area contributed by atoms with Gasteiger partial charge in [0.15, 0.2) is 0 Å². The Labute approximate surface area is 169 Å². The van der Waals surface area contributed by atoms with E-state index in [1.807, 2.05) is 4.90 Å². The molecular formula is C20H38N4O4. The van der Waals surface area contributed by atoms with Gasteiger partial charge in [0.2, 0.25) is 0 Å². The number of nitrogens with zero attached hydrogens (tertiary/aromatic N) is 4. The van der Waals surface area contributed by atoms with Crippen LogP contribution in [0.3, 0.4) is 0 Å². The Kier molecular flexibility index (Phi) is 11.3. The highest BCUT2D eigenvalue weighted by Crippen LogP contribution is 2.07. The molecule has 8 nitrogen and oxygen atoms in total. The second-order valence-electron chi connectivity index (χ2n) is 7.78. The van der Waals surface area contributed by atoms with E-state index < -0.39 is 5.97 Å². The van der Waals surface area contributed by atoms with Crippen LogP contribution in [0.2, 0.25) is 0 Å². The van der Waals surface area contributed by atoms with Gasteiger partial charge in [-0.1, -0.05) is 13.5 Å².